The zero-order valence-electron chi connectivity index (χ0n) is 43.4. The van der Waals surface area contributed by atoms with E-state index >= 15 is 0 Å². The summed E-state index contributed by atoms with van der Waals surface area (Å²) in [4.78, 5) is 47.4. The van der Waals surface area contributed by atoms with Crippen molar-refractivity contribution >= 4 is 41.4 Å². The number of imidazole rings is 2. The van der Waals surface area contributed by atoms with E-state index in [0.29, 0.717) is 30.3 Å². The second-order valence-electron chi connectivity index (χ2n) is 20.7. The molecule has 0 aliphatic carbocycles. The quantitative estimate of drug-likeness (QED) is 0.105. The Hall–Kier alpha value is -7.32. The van der Waals surface area contributed by atoms with Crippen molar-refractivity contribution in [1.29, 1.82) is 0 Å². The van der Waals surface area contributed by atoms with Crippen LogP contribution in [0.4, 0.5) is 31.1 Å². The van der Waals surface area contributed by atoms with Gasteiger partial charge in [0.05, 0.1) is 61.1 Å². The summed E-state index contributed by atoms with van der Waals surface area (Å²) in [6, 6.07) is 23.2. The summed E-state index contributed by atoms with van der Waals surface area (Å²) in [6.45, 7) is 8.82. The molecule has 78 heavy (non-hydrogen) atoms. The molecule has 2 aliphatic rings. The van der Waals surface area contributed by atoms with Gasteiger partial charge in [-0.25, -0.2) is 14.8 Å². The Kier molecular flexibility index (Phi) is 17.6. The molecule has 21 heteroatoms. The highest BCUT2D eigenvalue weighted by Crippen LogP contribution is 2.32. The molecule has 1 amide bonds. The first-order valence-corrected chi connectivity index (χ1v) is 25.8. The molecule has 0 unspecified atom stereocenters. The second-order valence-corrected chi connectivity index (χ2v) is 20.7. The van der Waals surface area contributed by atoms with Crippen LogP contribution in [0, 0.1) is 0 Å². The number of carbonyl (C=O) groups is 3. The van der Waals surface area contributed by atoms with Crippen LogP contribution in [0.15, 0.2) is 122 Å². The maximum Gasteiger partial charge on any atom is 0.410 e. The number of pyridine rings is 2. The summed E-state index contributed by atoms with van der Waals surface area (Å²) >= 11 is 0. The number of fused-ring (bicyclic) bond motifs is 2. The van der Waals surface area contributed by atoms with Gasteiger partial charge in [0.15, 0.2) is 0 Å². The molecule has 2 aliphatic heterocycles. The van der Waals surface area contributed by atoms with Gasteiger partial charge in [0.1, 0.15) is 28.5 Å². The van der Waals surface area contributed by atoms with Gasteiger partial charge in [0.2, 0.25) is 0 Å². The standard InChI is InChI=1S/C31H34F3N5O3.C26H26F3N5O.ClH/c1-30(2,3)42-29(41)37-12-9-25(10-13-37)39-20-24(18-36-39)22-8-14-38-27(19-35-28(38)17-22)23-6-4-5-21(15-23)16-26(40)7-11-31(32,33)34;27-26(28,29)8-4-23(35)13-18-2-1-3-20(12-18)24-16-31-25-14-19(7-11-33(24)25)21-15-32-34(17-21)22-5-9-30-10-6-22;/h4-6,8,14-15,17-20,25H,7,9-13,16H2,1-3H3;1-3,7,11-12,14-17,22,30H,4-6,8-10,13H2;1H. The topological polar surface area (TPSA) is 146 Å². The minimum absolute atomic E-state index is 0. The van der Waals surface area contributed by atoms with E-state index in [1.54, 1.807) is 35.5 Å². The summed E-state index contributed by atoms with van der Waals surface area (Å²) in [5.74, 6) is -0.867. The lowest BCUT2D eigenvalue weighted by molar-refractivity contribution is -0.143. The number of amides is 1. The van der Waals surface area contributed by atoms with E-state index in [1.807, 2.05) is 120 Å². The van der Waals surface area contributed by atoms with Crippen molar-refractivity contribution in [3.8, 4) is 44.8 Å². The van der Waals surface area contributed by atoms with Gasteiger partial charge in [0, 0.05) is 85.8 Å². The van der Waals surface area contributed by atoms with Crippen molar-refractivity contribution < 1.29 is 45.5 Å². The van der Waals surface area contributed by atoms with Crippen LogP contribution in [0.2, 0.25) is 0 Å². The van der Waals surface area contributed by atoms with Crippen LogP contribution in [0.25, 0.3) is 56.1 Å². The SMILES string of the molecule is CC(C)(C)OC(=O)N1CCC(n2cc(-c3ccn4c(-c5cccc(CC(=O)CCC(F)(F)F)c5)cnc4c3)cn2)CC1.Cl.O=C(CCC(F)(F)F)Cc1cccc(-c2cnc3cc(-c4cnn(C5CCNCC5)c4)ccn23)c1. The minimum atomic E-state index is -4.34. The number of benzene rings is 2. The zero-order valence-corrected chi connectivity index (χ0v) is 44.3. The summed E-state index contributed by atoms with van der Waals surface area (Å²) in [5.41, 5.74) is 9.65. The number of Topliss-reactive ketones (excluding diaryl/α,β-unsaturated/α-hetero) is 2. The second kappa shape index (κ2) is 24.1. The lowest BCUT2D eigenvalue weighted by Gasteiger charge is -2.33. The first-order valence-electron chi connectivity index (χ1n) is 25.8. The zero-order chi connectivity index (χ0) is 54.5. The summed E-state index contributed by atoms with van der Waals surface area (Å²) in [5, 5.41) is 12.6. The molecule has 10 rings (SSSR count). The maximum atomic E-state index is 12.5. The third-order valence-corrected chi connectivity index (χ3v) is 13.7. The number of alkyl halides is 6. The lowest BCUT2D eigenvalue weighted by atomic mass is 10.0. The van der Waals surface area contributed by atoms with E-state index in [1.165, 1.54) is 0 Å². The van der Waals surface area contributed by atoms with Gasteiger partial charge in [-0.15, -0.1) is 12.4 Å². The van der Waals surface area contributed by atoms with Crippen LogP contribution in [-0.4, -0.2) is 105 Å². The van der Waals surface area contributed by atoms with Crippen LogP contribution in [0.1, 0.15) is 95.3 Å². The number of nitrogens with one attached hydrogen (secondary N) is 1. The molecule has 0 spiro atoms. The van der Waals surface area contributed by atoms with E-state index in [-0.39, 0.29) is 37.4 Å². The molecule has 0 saturated carbocycles. The molecule has 6 aromatic heterocycles. The maximum absolute atomic E-state index is 12.5. The van der Waals surface area contributed by atoms with Gasteiger partial charge >= 0.3 is 18.4 Å². The largest absolute Gasteiger partial charge is 0.444 e. The third kappa shape index (κ3) is 14.8. The predicted molar refractivity (Wildman–Crippen MR) is 286 cm³/mol. The number of likely N-dealkylation sites (tertiary alicyclic amines) is 1. The smallest absolute Gasteiger partial charge is 0.410 e. The fraction of sp³-hybridized carbons (Fsp3) is 0.386. The normalized spacial score (nSPS) is 14.8. The Morgan fingerprint density at radius 2 is 1.04 bits per heavy atom. The van der Waals surface area contributed by atoms with E-state index in [9.17, 15) is 40.7 Å². The number of hydrogen-bond acceptors (Lipinski definition) is 9. The highest BCUT2D eigenvalue weighted by molar-refractivity contribution is 5.85. The van der Waals surface area contributed by atoms with Crippen molar-refractivity contribution in [1.82, 2.24) is 48.5 Å². The molecule has 0 radical (unpaired) electrons. The Labute approximate surface area is 453 Å². The van der Waals surface area contributed by atoms with Crippen molar-refractivity contribution in [2.45, 2.75) is 115 Å². The van der Waals surface area contributed by atoms with E-state index in [4.69, 9.17) is 4.74 Å². The van der Waals surface area contributed by atoms with E-state index in [2.05, 4.69) is 36.4 Å². The predicted octanol–water partition coefficient (Wildman–Crippen LogP) is 12.6. The van der Waals surface area contributed by atoms with Crippen molar-refractivity contribution in [3.63, 3.8) is 0 Å². The molecule has 0 bridgehead atoms. The molecule has 1 N–H and O–H groups in total. The van der Waals surface area contributed by atoms with Gasteiger partial charge in [-0.1, -0.05) is 36.4 Å². The van der Waals surface area contributed by atoms with Crippen LogP contribution >= 0.6 is 12.4 Å². The first-order chi connectivity index (χ1) is 36.7. The highest BCUT2D eigenvalue weighted by atomic mass is 35.5. The molecule has 8 heterocycles. The molecular weight excluding hydrogens is 1040 g/mol. The lowest BCUT2D eigenvalue weighted by Crippen LogP contribution is -2.42. The molecule has 14 nitrogen and oxygen atoms in total. The molecule has 412 valence electrons. The number of hydrogen-bond donors (Lipinski definition) is 1. The molecular formula is C57H61ClF6N10O4. The molecule has 2 fully saturated rings. The number of halogens is 7. The molecule has 0 atom stereocenters. The van der Waals surface area contributed by atoms with Gasteiger partial charge in [0.25, 0.3) is 0 Å². The van der Waals surface area contributed by atoms with Crippen molar-refractivity contribution in [3.05, 3.63) is 133 Å². The third-order valence-electron chi connectivity index (χ3n) is 13.7. The number of ether oxygens (including phenoxy) is 1. The number of carbonyl (C=O) groups excluding carboxylic acids is 3. The number of piperidine rings is 2. The average molecular weight is 1100 g/mol. The number of rotatable bonds is 14. The number of ketones is 2. The Morgan fingerprint density at radius 3 is 1.47 bits per heavy atom. The fourth-order valence-electron chi connectivity index (χ4n) is 9.71. The molecule has 8 aromatic rings. The summed E-state index contributed by atoms with van der Waals surface area (Å²) in [6.07, 6.45) is 6.69. The Balaban J connectivity index is 0.000000206. The van der Waals surface area contributed by atoms with E-state index in [0.717, 1.165) is 94.8 Å². The fourth-order valence-corrected chi connectivity index (χ4v) is 9.71. The first kappa shape index (κ1) is 56.9. The van der Waals surface area contributed by atoms with Gasteiger partial charge < -0.3 is 15.0 Å². The van der Waals surface area contributed by atoms with Crippen LogP contribution < -0.4 is 5.32 Å². The van der Waals surface area contributed by atoms with Crippen LogP contribution in [0.5, 0.6) is 0 Å². The number of nitrogens with zero attached hydrogens (tertiary/aromatic N) is 9. The van der Waals surface area contributed by atoms with Crippen molar-refractivity contribution in [2.75, 3.05) is 26.2 Å². The van der Waals surface area contributed by atoms with E-state index < -0.39 is 55.2 Å². The minimum Gasteiger partial charge on any atom is -0.444 e. The van der Waals surface area contributed by atoms with Crippen molar-refractivity contribution in [2.24, 2.45) is 0 Å². The summed E-state index contributed by atoms with van der Waals surface area (Å²) in [7, 11) is 0. The van der Waals surface area contributed by atoms with Crippen LogP contribution in [0.3, 0.4) is 0 Å². The van der Waals surface area contributed by atoms with Gasteiger partial charge in [-0.05, 0) is 118 Å². The van der Waals surface area contributed by atoms with Crippen LogP contribution in [-0.2, 0) is 27.2 Å². The van der Waals surface area contributed by atoms with Gasteiger partial charge in [-0.2, -0.15) is 36.5 Å². The Morgan fingerprint density at radius 1 is 0.590 bits per heavy atom. The number of aromatic nitrogens is 8. The highest BCUT2D eigenvalue weighted by Gasteiger charge is 2.30. The van der Waals surface area contributed by atoms with Gasteiger partial charge in [-0.3, -0.25) is 27.8 Å². The Bertz CT molecular complexity index is 3360. The average Bonchev–Trinajstić information content (AvgIpc) is 4.29. The monoisotopic (exact) mass is 1100 g/mol. The molecule has 2 aromatic carbocycles. The summed E-state index contributed by atoms with van der Waals surface area (Å²) < 4.78 is 88.1. The molecule has 2 saturated heterocycles.